The zero-order valence-electron chi connectivity index (χ0n) is 13.7. The predicted octanol–water partition coefficient (Wildman–Crippen LogP) is 5.33. The first-order valence-electron chi connectivity index (χ1n) is 8.23. The highest BCUT2D eigenvalue weighted by molar-refractivity contribution is 7.72. The number of hydrogen-bond donors (Lipinski definition) is 0. The van der Waals surface area contributed by atoms with Crippen LogP contribution in [0, 0.1) is 61.7 Å². The average Bonchev–Trinajstić information content (AvgIpc) is 3.27. The maximum Gasteiger partial charge on any atom is 0.0207 e. The summed E-state index contributed by atoms with van der Waals surface area (Å²) in [6.07, 6.45) is 13.4. The fourth-order valence-electron chi connectivity index (χ4n) is 3.20. The molecule has 0 aliphatic heterocycles. The highest BCUT2D eigenvalue weighted by Gasteiger charge is 2.43. The number of rotatable bonds is 4. The van der Waals surface area contributed by atoms with Crippen molar-refractivity contribution < 1.29 is 0 Å². The molecule has 2 aromatic rings. The highest BCUT2D eigenvalue weighted by atomic mass is 31.1. The molecule has 0 heterocycles. The van der Waals surface area contributed by atoms with Gasteiger partial charge < -0.3 is 0 Å². The first kappa shape index (κ1) is 16.3. The van der Waals surface area contributed by atoms with E-state index in [2.05, 4.69) is 106 Å². The van der Waals surface area contributed by atoms with E-state index in [0.29, 0.717) is 0 Å². The van der Waals surface area contributed by atoms with Crippen LogP contribution >= 0.6 is 7.92 Å². The summed E-state index contributed by atoms with van der Waals surface area (Å²) in [5.74, 6) is 2.73. The van der Waals surface area contributed by atoms with Gasteiger partial charge in [0.05, 0.1) is 0 Å². The largest absolute Gasteiger partial charge is 0.0622 e. The average molecular weight is 326 g/mol. The summed E-state index contributed by atoms with van der Waals surface area (Å²) < 4.78 is 0. The molecular formula is C23H19P. The van der Waals surface area contributed by atoms with E-state index in [1.54, 1.807) is 0 Å². The Morgan fingerprint density at radius 1 is 0.625 bits per heavy atom. The molecule has 0 amide bonds. The lowest BCUT2D eigenvalue weighted by Crippen LogP contribution is -2.17. The minimum atomic E-state index is -0.537. The molecule has 2 aromatic carbocycles. The van der Waals surface area contributed by atoms with Gasteiger partial charge in [0.15, 0.2) is 0 Å². The molecule has 116 valence electrons. The summed E-state index contributed by atoms with van der Waals surface area (Å²) in [5, 5.41) is 1.41. The van der Waals surface area contributed by atoms with Crippen LogP contribution in [0.1, 0.15) is 12.5 Å². The normalized spacial score (nSPS) is 22.2. The summed E-state index contributed by atoms with van der Waals surface area (Å²) in [4.78, 5) is 0. The Labute approximate surface area is 148 Å². The zero-order chi connectivity index (χ0) is 16.4. The maximum atomic E-state index is 2.30. The van der Waals surface area contributed by atoms with Crippen molar-refractivity contribution >= 4 is 13.2 Å². The van der Waals surface area contributed by atoms with Gasteiger partial charge in [0.25, 0.3) is 0 Å². The van der Waals surface area contributed by atoms with Crippen molar-refractivity contribution in [2.45, 2.75) is 6.92 Å². The van der Waals surface area contributed by atoms with Gasteiger partial charge in [-0.3, -0.25) is 0 Å². The zero-order valence-corrected chi connectivity index (χ0v) is 14.6. The molecule has 2 fully saturated rings. The fourth-order valence-corrected chi connectivity index (χ4v) is 5.83. The highest BCUT2D eigenvalue weighted by Crippen LogP contribution is 2.68. The third-order valence-electron chi connectivity index (χ3n) is 4.38. The fraction of sp³-hybridized carbons (Fsp3) is 0.0435. The summed E-state index contributed by atoms with van der Waals surface area (Å²) in [6, 6.07) is 21.6. The topological polar surface area (TPSA) is 0 Å². The summed E-state index contributed by atoms with van der Waals surface area (Å²) in [6.45, 7) is 2.22. The molecule has 10 radical (unpaired) electrons. The van der Waals surface area contributed by atoms with E-state index in [-0.39, 0.29) is 0 Å². The van der Waals surface area contributed by atoms with Crippen LogP contribution in [0.5, 0.6) is 0 Å². The van der Waals surface area contributed by atoms with Crippen molar-refractivity contribution in [3.63, 3.8) is 0 Å². The van der Waals surface area contributed by atoms with Crippen LogP contribution < -0.4 is 5.30 Å². The Kier molecular flexibility index (Phi) is 5.04. The van der Waals surface area contributed by atoms with Crippen molar-refractivity contribution in [3.8, 4) is 0 Å². The molecular weight excluding hydrogens is 307 g/mol. The van der Waals surface area contributed by atoms with E-state index >= 15 is 0 Å². The molecule has 1 atom stereocenters. The van der Waals surface area contributed by atoms with Crippen LogP contribution in [0.4, 0.5) is 0 Å². The molecule has 0 saturated heterocycles. The molecule has 1 unspecified atom stereocenters. The van der Waals surface area contributed by atoms with Crippen LogP contribution in [0.3, 0.4) is 0 Å². The van der Waals surface area contributed by atoms with Gasteiger partial charge in [0.1, 0.15) is 0 Å². The Hall–Kier alpha value is -1.13. The van der Waals surface area contributed by atoms with Crippen LogP contribution in [0.25, 0.3) is 0 Å². The second-order valence-corrected chi connectivity index (χ2v) is 8.11. The van der Waals surface area contributed by atoms with Gasteiger partial charge in [0.2, 0.25) is 0 Å². The monoisotopic (exact) mass is 326 g/mol. The van der Waals surface area contributed by atoms with Crippen molar-refractivity contribution in [2.24, 2.45) is 0 Å². The van der Waals surface area contributed by atoms with Gasteiger partial charge in [-0.25, -0.2) is 0 Å². The minimum Gasteiger partial charge on any atom is -0.0622 e. The SMILES string of the molecule is C[C]1[CH][CH][CH][C]1P([C]1[CH][CH][CH][C]1c1ccccc1)c1ccccc1. The van der Waals surface area contributed by atoms with Crippen LogP contribution in [0.2, 0.25) is 0 Å². The molecule has 2 aliphatic carbocycles. The van der Waals surface area contributed by atoms with Gasteiger partial charge in [-0.2, -0.15) is 0 Å². The van der Waals surface area contributed by atoms with Gasteiger partial charge in [-0.05, 0) is 55.3 Å². The number of hydrogen-bond acceptors (Lipinski definition) is 0. The first-order valence-corrected chi connectivity index (χ1v) is 9.57. The molecule has 4 rings (SSSR count). The Morgan fingerprint density at radius 2 is 1.25 bits per heavy atom. The molecule has 2 aliphatic rings. The van der Waals surface area contributed by atoms with E-state index in [9.17, 15) is 0 Å². The molecule has 0 spiro atoms. The van der Waals surface area contributed by atoms with Gasteiger partial charge >= 0.3 is 0 Å². The van der Waals surface area contributed by atoms with Crippen LogP contribution in [0.15, 0.2) is 60.7 Å². The third kappa shape index (κ3) is 3.18. The van der Waals surface area contributed by atoms with E-state index in [1.165, 1.54) is 34.0 Å². The predicted molar refractivity (Wildman–Crippen MR) is 103 cm³/mol. The molecule has 0 aromatic heterocycles. The molecule has 2 saturated carbocycles. The molecule has 1 heteroatoms. The van der Waals surface area contributed by atoms with E-state index in [0.717, 1.165) is 0 Å². The van der Waals surface area contributed by atoms with Crippen LogP contribution in [-0.2, 0) is 0 Å². The first-order chi connectivity index (χ1) is 11.8. The second kappa shape index (κ2) is 7.40. The molecule has 0 nitrogen and oxygen atoms in total. The third-order valence-corrected chi connectivity index (χ3v) is 7.05. The van der Waals surface area contributed by atoms with Crippen molar-refractivity contribution in [2.75, 3.05) is 0 Å². The summed E-state index contributed by atoms with van der Waals surface area (Å²) in [7, 11) is -0.537. The van der Waals surface area contributed by atoms with E-state index < -0.39 is 7.92 Å². The number of benzene rings is 2. The minimum absolute atomic E-state index is 0.537. The molecule has 24 heavy (non-hydrogen) atoms. The Bertz CT molecular complexity index is 636. The maximum absolute atomic E-state index is 2.30. The lowest BCUT2D eigenvalue weighted by Gasteiger charge is -2.34. The lowest BCUT2D eigenvalue weighted by molar-refractivity contribution is 1.19. The second-order valence-electron chi connectivity index (χ2n) is 5.96. The lowest BCUT2D eigenvalue weighted by atomic mass is 9.97. The Morgan fingerprint density at radius 3 is 1.92 bits per heavy atom. The smallest absolute Gasteiger partial charge is 0.0207 e. The van der Waals surface area contributed by atoms with Gasteiger partial charge in [0, 0.05) is 17.2 Å². The van der Waals surface area contributed by atoms with Crippen molar-refractivity contribution in [1.82, 2.24) is 0 Å². The standard InChI is InChI=1S/C23H19P/c1-18-10-8-16-22(18)24(20-13-6-3-7-14-20)23-17-9-15-21(23)19-11-4-2-5-12-19/h2-17H,1H3. The molecule has 0 N–H and O–H groups in total. The van der Waals surface area contributed by atoms with Gasteiger partial charge in [-0.1, -0.05) is 75.5 Å². The van der Waals surface area contributed by atoms with E-state index in [4.69, 9.17) is 0 Å². The van der Waals surface area contributed by atoms with E-state index in [1.807, 2.05) is 0 Å². The molecule has 0 bridgehead atoms. The quantitative estimate of drug-likeness (QED) is 0.666. The van der Waals surface area contributed by atoms with Crippen LogP contribution in [-0.4, -0.2) is 0 Å². The van der Waals surface area contributed by atoms with Crippen molar-refractivity contribution in [1.29, 1.82) is 0 Å². The van der Waals surface area contributed by atoms with Gasteiger partial charge in [-0.15, -0.1) is 0 Å². The summed E-state index contributed by atoms with van der Waals surface area (Å²) in [5.41, 5.74) is 4.20. The summed E-state index contributed by atoms with van der Waals surface area (Å²) >= 11 is 0. The Balaban J connectivity index is 1.70. The van der Waals surface area contributed by atoms with Crippen molar-refractivity contribution in [3.05, 3.63) is 128 Å².